The first-order chi connectivity index (χ1) is 7.56. The van der Waals surface area contributed by atoms with Crippen molar-refractivity contribution in [3.8, 4) is 5.75 Å². The Kier molecular flexibility index (Phi) is 4.31. The Bertz CT molecular complexity index is 377. The van der Waals surface area contributed by atoms with Crippen molar-refractivity contribution in [1.82, 2.24) is 10.2 Å². The highest BCUT2D eigenvalue weighted by Crippen LogP contribution is 2.19. The molecule has 0 aliphatic carbocycles. The third-order valence-electron chi connectivity index (χ3n) is 2.43. The summed E-state index contributed by atoms with van der Waals surface area (Å²) in [5.74, 6) is -0.117. The second-order valence-electron chi connectivity index (χ2n) is 3.85. The number of phenolic OH excluding ortho intramolecular Hbond substituents is 1. The van der Waals surface area contributed by atoms with Crippen LogP contribution in [-0.2, 0) is 0 Å². The topological polar surface area (TPSA) is 52.6 Å². The maximum absolute atomic E-state index is 11.9. The van der Waals surface area contributed by atoms with Crippen LogP contribution in [0.2, 0.25) is 0 Å². The van der Waals surface area contributed by atoms with Gasteiger partial charge in [-0.3, -0.25) is 4.79 Å². The fourth-order valence-electron chi connectivity index (χ4n) is 1.41. The lowest BCUT2D eigenvalue weighted by atomic mass is 10.1. The van der Waals surface area contributed by atoms with E-state index >= 15 is 0 Å². The van der Waals surface area contributed by atoms with E-state index in [9.17, 15) is 9.90 Å². The largest absolute Gasteiger partial charge is 0.507 e. The molecule has 0 aliphatic rings. The normalized spacial score (nSPS) is 10.2. The number of rotatable bonds is 4. The van der Waals surface area contributed by atoms with Crippen molar-refractivity contribution in [3.05, 3.63) is 29.3 Å². The van der Waals surface area contributed by atoms with Gasteiger partial charge < -0.3 is 15.3 Å². The molecule has 0 bridgehead atoms. The van der Waals surface area contributed by atoms with Gasteiger partial charge >= 0.3 is 0 Å². The van der Waals surface area contributed by atoms with Crippen molar-refractivity contribution in [2.24, 2.45) is 0 Å². The molecular weight excluding hydrogens is 204 g/mol. The molecule has 4 heteroatoms. The zero-order valence-electron chi connectivity index (χ0n) is 9.95. The molecule has 0 aliphatic heterocycles. The summed E-state index contributed by atoms with van der Waals surface area (Å²) < 4.78 is 0. The van der Waals surface area contributed by atoms with Gasteiger partial charge in [-0.2, -0.15) is 0 Å². The number of amides is 1. The fourth-order valence-corrected chi connectivity index (χ4v) is 1.41. The molecule has 1 aromatic rings. The number of nitrogens with zero attached hydrogens (tertiary/aromatic N) is 1. The van der Waals surface area contributed by atoms with Crippen molar-refractivity contribution < 1.29 is 9.90 Å². The Morgan fingerprint density at radius 3 is 2.75 bits per heavy atom. The Morgan fingerprint density at radius 2 is 2.19 bits per heavy atom. The summed E-state index contributed by atoms with van der Waals surface area (Å²) in [5.41, 5.74) is 1.29. The monoisotopic (exact) mass is 222 g/mol. The third-order valence-corrected chi connectivity index (χ3v) is 2.43. The van der Waals surface area contributed by atoms with Gasteiger partial charge in [0.1, 0.15) is 5.75 Å². The smallest absolute Gasteiger partial charge is 0.257 e. The van der Waals surface area contributed by atoms with Gasteiger partial charge in [0.05, 0.1) is 5.56 Å². The summed E-state index contributed by atoms with van der Waals surface area (Å²) in [6, 6.07) is 5.07. The van der Waals surface area contributed by atoms with Gasteiger partial charge in [0.25, 0.3) is 5.91 Å². The number of carbonyl (C=O) groups is 1. The molecule has 16 heavy (non-hydrogen) atoms. The van der Waals surface area contributed by atoms with Gasteiger partial charge in [-0.05, 0) is 31.7 Å². The van der Waals surface area contributed by atoms with Crippen LogP contribution in [0.15, 0.2) is 18.2 Å². The van der Waals surface area contributed by atoms with Crippen molar-refractivity contribution in [2.75, 3.05) is 27.2 Å². The summed E-state index contributed by atoms with van der Waals surface area (Å²) >= 11 is 0. The first-order valence-electron chi connectivity index (χ1n) is 5.26. The number of phenols is 1. The Morgan fingerprint density at radius 1 is 1.50 bits per heavy atom. The third kappa shape index (κ3) is 2.97. The summed E-state index contributed by atoms with van der Waals surface area (Å²) in [6.45, 7) is 3.22. The lowest BCUT2D eigenvalue weighted by Gasteiger charge is -2.17. The molecule has 0 heterocycles. The van der Waals surface area contributed by atoms with Crippen LogP contribution < -0.4 is 5.32 Å². The molecule has 0 atom stereocenters. The predicted molar refractivity (Wildman–Crippen MR) is 63.7 cm³/mol. The molecule has 0 saturated carbocycles. The van der Waals surface area contributed by atoms with Gasteiger partial charge in [0.2, 0.25) is 0 Å². The van der Waals surface area contributed by atoms with E-state index in [1.807, 2.05) is 20.0 Å². The summed E-state index contributed by atoms with van der Waals surface area (Å²) in [4.78, 5) is 13.5. The Labute approximate surface area is 95.9 Å². The minimum absolute atomic E-state index is 0.0429. The first-order valence-corrected chi connectivity index (χ1v) is 5.26. The van der Waals surface area contributed by atoms with E-state index in [2.05, 4.69) is 5.32 Å². The van der Waals surface area contributed by atoms with E-state index in [0.29, 0.717) is 12.1 Å². The maximum Gasteiger partial charge on any atom is 0.257 e. The molecule has 0 saturated heterocycles. The number of carbonyl (C=O) groups excluding carboxylic acids is 1. The first kappa shape index (κ1) is 12.5. The molecule has 1 aromatic carbocycles. The standard InChI is InChI=1S/C12H18N2O2/c1-9-4-5-10(11(15)8-9)12(16)14(3)7-6-13-2/h4-5,8,13,15H,6-7H2,1-3H3. The average molecular weight is 222 g/mol. The van der Waals surface area contributed by atoms with E-state index in [0.717, 1.165) is 12.1 Å². The molecule has 0 unspecified atom stereocenters. The molecule has 1 rings (SSSR count). The number of hydrogen-bond donors (Lipinski definition) is 2. The van der Waals surface area contributed by atoms with Crippen LogP contribution in [0.3, 0.4) is 0 Å². The molecule has 0 fully saturated rings. The fraction of sp³-hybridized carbons (Fsp3) is 0.417. The molecule has 88 valence electrons. The molecule has 0 radical (unpaired) electrons. The van der Waals surface area contributed by atoms with E-state index in [-0.39, 0.29) is 11.7 Å². The number of benzene rings is 1. The number of aromatic hydroxyl groups is 1. The van der Waals surface area contributed by atoms with E-state index in [4.69, 9.17) is 0 Å². The van der Waals surface area contributed by atoms with Crippen molar-refractivity contribution in [2.45, 2.75) is 6.92 Å². The van der Waals surface area contributed by atoms with Gasteiger partial charge in [-0.1, -0.05) is 6.07 Å². The van der Waals surface area contributed by atoms with E-state index < -0.39 is 0 Å². The zero-order chi connectivity index (χ0) is 12.1. The van der Waals surface area contributed by atoms with Crippen molar-refractivity contribution in [1.29, 1.82) is 0 Å². The lowest BCUT2D eigenvalue weighted by molar-refractivity contribution is 0.0794. The molecular formula is C12H18N2O2. The van der Waals surface area contributed by atoms with Crippen LogP contribution in [0.4, 0.5) is 0 Å². The Balaban J connectivity index is 2.79. The molecule has 0 aromatic heterocycles. The van der Waals surface area contributed by atoms with Crippen LogP contribution >= 0.6 is 0 Å². The van der Waals surface area contributed by atoms with Crippen LogP contribution in [0.5, 0.6) is 5.75 Å². The van der Waals surface area contributed by atoms with Crippen molar-refractivity contribution in [3.63, 3.8) is 0 Å². The zero-order valence-corrected chi connectivity index (χ0v) is 9.95. The highest BCUT2D eigenvalue weighted by atomic mass is 16.3. The highest BCUT2D eigenvalue weighted by molar-refractivity contribution is 5.96. The summed E-state index contributed by atoms with van der Waals surface area (Å²) in [6.07, 6.45) is 0. The Hall–Kier alpha value is -1.55. The van der Waals surface area contributed by atoms with Gasteiger partial charge in [0.15, 0.2) is 0 Å². The van der Waals surface area contributed by atoms with Crippen LogP contribution in [-0.4, -0.2) is 43.1 Å². The maximum atomic E-state index is 11.9. The van der Waals surface area contributed by atoms with Gasteiger partial charge in [0, 0.05) is 20.1 Å². The number of nitrogens with one attached hydrogen (secondary N) is 1. The van der Waals surface area contributed by atoms with Crippen LogP contribution in [0, 0.1) is 6.92 Å². The SMILES string of the molecule is CNCCN(C)C(=O)c1ccc(C)cc1O. The van der Waals surface area contributed by atoms with E-state index in [1.165, 1.54) is 0 Å². The second kappa shape index (κ2) is 5.51. The minimum Gasteiger partial charge on any atom is -0.507 e. The van der Waals surface area contributed by atoms with Gasteiger partial charge in [-0.15, -0.1) is 0 Å². The minimum atomic E-state index is -0.159. The highest BCUT2D eigenvalue weighted by Gasteiger charge is 2.14. The number of aryl methyl sites for hydroxylation is 1. The number of likely N-dealkylation sites (N-methyl/N-ethyl adjacent to an activating group) is 2. The predicted octanol–water partition coefficient (Wildman–Crippen LogP) is 0.992. The summed E-state index contributed by atoms with van der Waals surface area (Å²) in [7, 11) is 3.56. The molecule has 1 amide bonds. The van der Waals surface area contributed by atoms with Crippen LogP contribution in [0.1, 0.15) is 15.9 Å². The van der Waals surface area contributed by atoms with E-state index in [1.54, 1.807) is 24.1 Å². The second-order valence-corrected chi connectivity index (χ2v) is 3.85. The van der Waals surface area contributed by atoms with Crippen molar-refractivity contribution >= 4 is 5.91 Å². The molecule has 0 spiro atoms. The number of hydrogen-bond acceptors (Lipinski definition) is 3. The quantitative estimate of drug-likeness (QED) is 0.799. The average Bonchev–Trinajstić information content (AvgIpc) is 2.25. The summed E-state index contributed by atoms with van der Waals surface area (Å²) in [5, 5.41) is 12.6. The van der Waals surface area contributed by atoms with Gasteiger partial charge in [-0.25, -0.2) is 0 Å². The lowest BCUT2D eigenvalue weighted by Crippen LogP contribution is -2.32. The molecule has 2 N–H and O–H groups in total. The van der Waals surface area contributed by atoms with Crippen LogP contribution in [0.25, 0.3) is 0 Å². The molecule has 4 nitrogen and oxygen atoms in total.